The van der Waals surface area contributed by atoms with Gasteiger partial charge in [-0.05, 0) is 37.9 Å². The van der Waals surface area contributed by atoms with E-state index < -0.39 is 5.60 Å². The summed E-state index contributed by atoms with van der Waals surface area (Å²) >= 11 is 0. The van der Waals surface area contributed by atoms with Crippen molar-refractivity contribution in [1.82, 2.24) is 4.90 Å². The lowest BCUT2D eigenvalue weighted by Gasteiger charge is -2.38. The molecule has 0 radical (unpaired) electrons. The Morgan fingerprint density at radius 2 is 1.89 bits per heavy atom. The topological polar surface area (TPSA) is 35.5 Å². The van der Waals surface area contributed by atoms with E-state index in [-0.39, 0.29) is 0 Å². The van der Waals surface area contributed by atoms with E-state index in [1.807, 2.05) is 30.3 Å². The first kappa shape index (κ1) is 13.4. The number of nitrogens with one attached hydrogen (secondary N) is 1. The van der Waals surface area contributed by atoms with Crippen molar-refractivity contribution in [3.8, 4) is 0 Å². The maximum Gasteiger partial charge on any atom is 0.0843 e. The van der Waals surface area contributed by atoms with Crippen LogP contribution in [0.15, 0.2) is 30.3 Å². The highest BCUT2D eigenvalue weighted by atomic mass is 16.3. The third-order valence-electron chi connectivity index (χ3n) is 3.72. The summed E-state index contributed by atoms with van der Waals surface area (Å²) < 4.78 is 0. The van der Waals surface area contributed by atoms with Crippen LogP contribution in [0.1, 0.15) is 26.2 Å². The molecule has 0 atom stereocenters. The van der Waals surface area contributed by atoms with Crippen molar-refractivity contribution in [2.45, 2.75) is 31.8 Å². The van der Waals surface area contributed by atoms with Crippen molar-refractivity contribution < 1.29 is 5.11 Å². The van der Waals surface area contributed by atoms with E-state index in [1.165, 1.54) is 6.42 Å². The average molecular weight is 248 g/mol. The molecule has 3 heteroatoms. The second-order valence-corrected chi connectivity index (χ2v) is 5.29. The van der Waals surface area contributed by atoms with Gasteiger partial charge in [-0.15, -0.1) is 0 Å². The van der Waals surface area contributed by atoms with E-state index in [0.29, 0.717) is 6.54 Å². The van der Waals surface area contributed by atoms with E-state index in [1.54, 1.807) is 0 Å². The maximum absolute atomic E-state index is 10.5. The van der Waals surface area contributed by atoms with E-state index in [9.17, 15) is 5.11 Å². The van der Waals surface area contributed by atoms with Crippen LogP contribution in [0.4, 0.5) is 5.69 Å². The van der Waals surface area contributed by atoms with Gasteiger partial charge in [0.1, 0.15) is 0 Å². The monoisotopic (exact) mass is 248 g/mol. The number of piperidine rings is 1. The van der Waals surface area contributed by atoms with Crippen molar-refractivity contribution in [3.63, 3.8) is 0 Å². The van der Waals surface area contributed by atoms with Crippen LogP contribution >= 0.6 is 0 Å². The average Bonchev–Trinajstić information content (AvgIpc) is 2.41. The molecule has 1 saturated heterocycles. The molecule has 18 heavy (non-hydrogen) atoms. The fourth-order valence-corrected chi connectivity index (χ4v) is 2.51. The number of rotatable bonds is 5. The molecule has 2 N–H and O–H groups in total. The smallest absolute Gasteiger partial charge is 0.0843 e. The zero-order valence-electron chi connectivity index (χ0n) is 11.2. The van der Waals surface area contributed by atoms with E-state index in [2.05, 4.69) is 17.1 Å². The lowest BCUT2D eigenvalue weighted by atomic mass is 9.91. The Morgan fingerprint density at radius 3 is 2.50 bits per heavy atom. The molecule has 0 saturated carbocycles. The van der Waals surface area contributed by atoms with E-state index >= 15 is 0 Å². The van der Waals surface area contributed by atoms with Crippen LogP contribution in [-0.2, 0) is 0 Å². The molecule has 0 amide bonds. The number of para-hydroxylation sites is 1. The summed E-state index contributed by atoms with van der Waals surface area (Å²) in [5, 5.41) is 13.9. The van der Waals surface area contributed by atoms with E-state index in [4.69, 9.17) is 0 Å². The van der Waals surface area contributed by atoms with Crippen molar-refractivity contribution in [2.75, 3.05) is 31.5 Å². The Bertz CT molecular complexity index is 345. The fourth-order valence-electron chi connectivity index (χ4n) is 2.51. The van der Waals surface area contributed by atoms with Crippen LogP contribution in [0.25, 0.3) is 0 Å². The molecule has 1 aliphatic heterocycles. The number of benzene rings is 1. The number of hydrogen-bond acceptors (Lipinski definition) is 3. The number of aliphatic hydroxyl groups is 1. The normalized spacial score (nSPS) is 19.7. The van der Waals surface area contributed by atoms with Crippen molar-refractivity contribution in [2.24, 2.45) is 0 Å². The van der Waals surface area contributed by atoms with Gasteiger partial charge in [0.15, 0.2) is 0 Å². The zero-order chi connectivity index (χ0) is 12.8. The molecular weight excluding hydrogens is 224 g/mol. The van der Waals surface area contributed by atoms with Gasteiger partial charge in [0.2, 0.25) is 0 Å². The van der Waals surface area contributed by atoms with Crippen molar-refractivity contribution >= 4 is 5.69 Å². The summed E-state index contributed by atoms with van der Waals surface area (Å²) in [7, 11) is 0. The van der Waals surface area contributed by atoms with Gasteiger partial charge >= 0.3 is 0 Å². The molecule has 1 aromatic rings. The first-order chi connectivity index (χ1) is 8.72. The fraction of sp³-hybridized carbons (Fsp3) is 0.600. The second kappa shape index (κ2) is 6.21. The number of hydrogen-bond donors (Lipinski definition) is 2. The van der Waals surface area contributed by atoms with Crippen LogP contribution < -0.4 is 5.32 Å². The molecule has 100 valence electrons. The molecule has 0 spiro atoms. The molecule has 1 aliphatic rings. The molecule has 0 bridgehead atoms. The van der Waals surface area contributed by atoms with E-state index in [0.717, 1.165) is 38.2 Å². The lowest BCUT2D eigenvalue weighted by Crippen LogP contribution is -2.48. The minimum Gasteiger partial charge on any atom is -0.388 e. The largest absolute Gasteiger partial charge is 0.388 e. The molecule has 3 nitrogen and oxygen atoms in total. The number of likely N-dealkylation sites (tertiary alicyclic amines) is 1. The molecule has 0 aliphatic carbocycles. The zero-order valence-corrected chi connectivity index (χ0v) is 11.2. The van der Waals surface area contributed by atoms with Gasteiger partial charge in [0, 0.05) is 25.3 Å². The summed E-state index contributed by atoms with van der Waals surface area (Å²) in [6, 6.07) is 10.1. The summed E-state index contributed by atoms with van der Waals surface area (Å²) in [4.78, 5) is 2.44. The van der Waals surface area contributed by atoms with Crippen LogP contribution in [0.2, 0.25) is 0 Å². The molecule has 0 aromatic heterocycles. The Morgan fingerprint density at radius 1 is 1.22 bits per heavy atom. The number of anilines is 1. The Kier molecular flexibility index (Phi) is 4.61. The number of nitrogens with zero attached hydrogens (tertiary/aromatic N) is 1. The third kappa shape index (κ3) is 3.72. The quantitative estimate of drug-likeness (QED) is 0.839. The second-order valence-electron chi connectivity index (χ2n) is 5.29. The van der Waals surface area contributed by atoms with Gasteiger partial charge < -0.3 is 15.3 Å². The van der Waals surface area contributed by atoms with Crippen LogP contribution in [0, 0.1) is 0 Å². The predicted molar refractivity (Wildman–Crippen MR) is 75.8 cm³/mol. The van der Waals surface area contributed by atoms with Gasteiger partial charge in [0.25, 0.3) is 0 Å². The highest BCUT2D eigenvalue weighted by molar-refractivity contribution is 5.42. The highest BCUT2D eigenvalue weighted by Crippen LogP contribution is 2.23. The minimum absolute atomic E-state index is 0.542. The van der Waals surface area contributed by atoms with Crippen LogP contribution in [0.3, 0.4) is 0 Å². The SMILES string of the molecule is CCCN1CCC(O)(CNc2ccccc2)CC1. The molecule has 2 rings (SSSR count). The molecule has 1 aromatic carbocycles. The van der Waals surface area contributed by atoms with Gasteiger partial charge in [0.05, 0.1) is 5.60 Å². The maximum atomic E-state index is 10.5. The van der Waals surface area contributed by atoms with Crippen molar-refractivity contribution in [3.05, 3.63) is 30.3 Å². The molecular formula is C15H24N2O. The van der Waals surface area contributed by atoms with Gasteiger partial charge in [-0.3, -0.25) is 0 Å². The van der Waals surface area contributed by atoms with Crippen LogP contribution in [-0.4, -0.2) is 41.8 Å². The van der Waals surface area contributed by atoms with Crippen LogP contribution in [0.5, 0.6) is 0 Å². The predicted octanol–water partition coefficient (Wildman–Crippen LogP) is 2.34. The Hall–Kier alpha value is -1.06. The summed E-state index contributed by atoms with van der Waals surface area (Å²) in [6.07, 6.45) is 2.93. The third-order valence-corrected chi connectivity index (χ3v) is 3.72. The first-order valence-corrected chi connectivity index (χ1v) is 6.95. The summed E-state index contributed by atoms with van der Waals surface area (Å²) in [5.74, 6) is 0. The molecule has 0 unspecified atom stereocenters. The van der Waals surface area contributed by atoms with Gasteiger partial charge in [-0.2, -0.15) is 0 Å². The molecule has 1 heterocycles. The van der Waals surface area contributed by atoms with Crippen molar-refractivity contribution in [1.29, 1.82) is 0 Å². The Balaban J connectivity index is 1.79. The standard InChI is InChI=1S/C15H24N2O/c1-2-10-17-11-8-15(18,9-12-17)13-16-14-6-4-3-5-7-14/h3-7,16,18H,2,8-13H2,1H3. The Labute approximate surface area is 110 Å². The lowest BCUT2D eigenvalue weighted by molar-refractivity contribution is -0.00993. The molecule has 1 fully saturated rings. The first-order valence-electron chi connectivity index (χ1n) is 6.95. The highest BCUT2D eigenvalue weighted by Gasteiger charge is 2.31. The van der Waals surface area contributed by atoms with Gasteiger partial charge in [-0.25, -0.2) is 0 Å². The minimum atomic E-state index is -0.542. The van der Waals surface area contributed by atoms with Gasteiger partial charge in [-0.1, -0.05) is 25.1 Å². The summed E-state index contributed by atoms with van der Waals surface area (Å²) in [6.45, 7) is 6.04. The summed E-state index contributed by atoms with van der Waals surface area (Å²) in [5.41, 5.74) is 0.544.